The van der Waals surface area contributed by atoms with Crippen LogP contribution < -0.4 is 9.30 Å². The van der Waals surface area contributed by atoms with Crippen molar-refractivity contribution in [2.75, 3.05) is 0 Å². The number of pyridine rings is 1. The monoisotopic (exact) mass is 1080 g/mol. The Labute approximate surface area is 419 Å². The third-order valence-electron chi connectivity index (χ3n) is 13.7. The van der Waals surface area contributed by atoms with Gasteiger partial charge in [0.25, 0.3) is 6.33 Å². The van der Waals surface area contributed by atoms with E-state index >= 15 is 0 Å². The Kier molecular flexibility index (Phi) is 12.7. The zero-order valence-electron chi connectivity index (χ0n) is 41.9. The van der Waals surface area contributed by atoms with Gasteiger partial charge in [-0.2, -0.15) is 12.1 Å². The largest absolute Gasteiger partial charge is 0.510 e. The molecule has 3 aromatic heterocycles. The van der Waals surface area contributed by atoms with Crippen molar-refractivity contribution in [3.63, 3.8) is 0 Å². The average Bonchev–Trinajstić information content (AvgIpc) is 3.90. The van der Waals surface area contributed by atoms with Gasteiger partial charge in [0.1, 0.15) is 5.82 Å². The third kappa shape index (κ3) is 9.27. The van der Waals surface area contributed by atoms with Crippen LogP contribution >= 0.6 is 0 Å². The van der Waals surface area contributed by atoms with Crippen molar-refractivity contribution >= 4 is 21.8 Å². The van der Waals surface area contributed by atoms with Gasteiger partial charge in [-0.15, -0.1) is 35.2 Å². The molecule has 0 fully saturated rings. The van der Waals surface area contributed by atoms with Crippen LogP contribution in [0, 0.1) is 18.5 Å². The molecule has 350 valence electrons. The van der Waals surface area contributed by atoms with Crippen LogP contribution in [0.1, 0.15) is 129 Å². The molecule has 9 rings (SSSR count). The molecule has 0 N–H and O–H groups in total. The zero-order valence-corrected chi connectivity index (χ0v) is 44.2. The molecule has 6 heteroatoms. The van der Waals surface area contributed by atoms with Gasteiger partial charge in [-0.05, 0) is 90.9 Å². The number of rotatable bonds is 9. The van der Waals surface area contributed by atoms with E-state index < -0.39 is 0 Å². The SMILES string of the molecule is CC(C)(C)c1ccnc(-n2c3[c-]c(Oc4[c-]c(-n5[c-][n+](-c6cccc(C(C)(C)c7ccccc7)c6)c(C(C)(C)C)c5)cc(C(C)(C)c5ccccc5)c4)ccc3c3cc(C(C)(C)C)ccc32)c1.[Pt]. The first-order valence-corrected chi connectivity index (χ1v) is 23.6. The van der Waals surface area contributed by atoms with Gasteiger partial charge in [-0.1, -0.05) is 180 Å². The summed E-state index contributed by atoms with van der Waals surface area (Å²) >= 11 is 0. The number of benzene rings is 6. The normalized spacial score (nSPS) is 12.7. The molecule has 0 unspecified atom stereocenters. The van der Waals surface area contributed by atoms with Crippen LogP contribution in [0.15, 0.2) is 152 Å². The molecule has 68 heavy (non-hydrogen) atoms. The van der Waals surface area contributed by atoms with Gasteiger partial charge in [0.2, 0.25) is 0 Å². The van der Waals surface area contributed by atoms with Crippen molar-refractivity contribution in [1.82, 2.24) is 14.1 Å². The molecule has 0 saturated heterocycles. The molecular weight excluding hydrogens is 1010 g/mol. The van der Waals surface area contributed by atoms with E-state index in [9.17, 15) is 0 Å². The topological polar surface area (TPSA) is 35.9 Å². The molecule has 0 bridgehead atoms. The molecule has 0 radical (unpaired) electrons. The average molecular weight is 1080 g/mol. The second-order valence-electron chi connectivity index (χ2n) is 22.4. The number of ether oxygens (including phenoxy) is 1. The van der Waals surface area contributed by atoms with Crippen molar-refractivity contribution in [2.24, 2.45) is 0 Å². The standard InChI is InChI=1S/C62H64N4O.Pt/c1-58(2,3)44-27-30-54-53(36-44)52-29-28-50(39-55(52)66(54)57-37-45(31-32-63-57)59(4,5)6)67-51-35-47(62(12,13)43-23-18-15-19-24-43)34-49(38-51)64-40-56(60(7,8)9)65(41-64)48-26-20-25-46(33-48)61(10,11)42-21-16-14-17-22-42;/h14-37,40H,1-13H3;/q-2;. The van der Waals surface area contributed by atoms with E-state index in [1.807, 2.05) is 12.3 Å². The Morgan fingerprint density at radius 2 is 1.12 bits per heavy atom. The Balaban J connectivity index is 0.00000625. The summed E-state index contributed by atoms with van der Waals surface area (Å²) in [4.78, 5) is 4.96. The van der Waals surface area contributed by atoms with Gasteiger partial charge in [0.15, 0.2) is 0 Å². The summed E-state index contributed by atoms with van der Waals surface area (Å²) in [7, 11) is 0. The fraction of sp³-hybridized carbons (Fsp3) is 0.290. The van der Waals surface area contributed by atoms with Crippen molar-refractivity contribution in [1.29, 1.82) is 0 Å². The van der Waals surface area contributed by atoms with Crippen molar-refractivity contribution in [2.45, 2.75) is 117 Å². The Hall–Kier alpha value is -6.03. The van der Waals surface area contributed by atoms with Crippen LogP contribution in [-0.4, -0.2) is 14.1 Å². The molecule has 9 aromatic rings. The molecule has 0 aliphatic rings. The smallest absolute Gasteiger partial charge is 0.267 e. The van der Waals surface area contributed by atoms with Gasteiger partial charge in [0.05, 0.1) is 11.4 Å². The van der Waals surface area contributed by atoms with Crippen LogP contribution in [0.25, 0.3) is 39.0 Å². The first-order chi connectivity index (χ1) is 31.6. The number of fused-ring (bicyclic) bond motifs is 3. The van der Waals surface area contributed by atoms with Crippen molar-refractivity contribution in [3.05, 3.63) is 209 Å². The van der Waals surface area contributed by atoms with E-state index in [0.29, 0.717) is 11.5 Å². The summed E-state index contributed by atoms with van der Waals surface area (Å²) < 4.78 is 13.5. The van der Waals surface area contributed by atoms with Crippen LogP contribution in [-0.2, 0) is 48.1 Å². The summed E-state index contributed by atoms with van der Waals surface area (Å²) in [5.74, 6) is 2.04. The first-order valence-electron chi connectivity index (χ1n) is 23.6. The predicted molar refractivity (Wildman–Crippen MR) is 276 cm³/mol. The van der Waals surface area contributed by atoms with Crippen molar-refractivity contribution < 1.29 is 30.4 Å². The summed E-state index contributed by atoms with van der Waals surface area (Å²) in [5, 5.41) is 2.26. The van der Waals surface area contributed by atoms with Crippen molar-refractivity contribution in [3.8, 4) is 28.7 Å². The summed E-state index contributed by atoms with van der Waals surface area (Å²) in [6, 6.07) is 57.4. The third-order valence-corrected chi connectivity index (χ3v) is 13.7. The number of aromatic nitrogens is 4. The number of imidazole rings is 1. The van der Waals surface area contributed by atoms with Gasteiger partial charge in [-0.25, -0.2) is 4.98 Å². The van der Waals surface area contributed by atoms with Gasteiger partial charge in [-0.3, -0.25) is 4.57 Å². The molecule has 0 aliphatic carbocycles. The minimum Gasteiger partial charge on any atom is -0.510 e. The molecule has 0 aliphatic heterocycles. The fourth-order valence-electron chi connectivity index (χ4n) is 9.18. The van der Waals surface area contributed by atoms with Gasteiger partial charge < -0.3 is 13.9 Å². The fourth-order valence-corrected chi connectivity index (χ4v) is 9.18. The molecule has 5 nitrogen and oxygen atoms in total. The molecule has 0 saturated carbocycles. The Morgan fingerprint density at radius 1 is 0.500 bits per heavy atom. The molecule has 3 heterocycles. The van der Waals surface area contributed by atoms with Crippen LogP contribution in [0.4, 0.5) is 0 Å². The molecule has 0 spiro atoms. The van der Waals surface area contributed by atoms with E-state index in [2.05, 4.69) is 262 Å². The van der Waals surface area contributed by atoms with E-state index in [1.165, 1.54) is 27.8 Å². The van der Waals surface area contributed by atoms with Gasteiger partial charge in [0, 0.05) is 55.9 Å². The maximum atomic E-state index is 6.97. The second-order valence-corrected chi connectivity index (χ2v) is 22.4. The number of hydrogen-bond acceptors (Lipinski definition) is 2. The Morgan fingerprint density at radius 3 is 1.75 bits per heavy atom. The quantitative estimate of drug-likeness (QED) is 0.107. The van der Waals surface area contributed by atoms with Crippen LogP contribution in [0.2, 0.25) is 0 Å². The van der Waals surface area contributed by atoms with Gasteiger partial charge >= 0.3 is 0 Å². The zero-order chi connectivity index (χ0) is 47.7. The van der Waals surface area contributed by atoms with E-state index in [1.54, 1.807) is 0 Å². The van der Waals surface area contributed by atoms with E-state index in [4.69, 9.17) is 9.72 Å². The summed E-state index contributed by atoms with van der Waals surface area (Å²) in [6.07, 6.45) is 7.89. The number of hydrogen-bond donors (Lipinski definition) is 0. The summed E-state index contributed by atoms with van der Waals surface area (Å²) in [5.41, 5.74) is 11.4. The minimum atomic E-state index is -0.370. The van der Waals surface area contributed by atoms with Crippen LogP contribution in [0.5, 0.6) is 11.5 Å². The second kappa shape index (κ2) is 17.8. The maximum absolute atomic E-state index is 6.97. The minimum absolute atomic E-state index is 0. The Bertz CT molecular complexity index is 3260. The predicted octanol–water partition coefficient (Wildman–Crippen LogP) is 15.0. The van der Waals surface area contributed by atoms with E-state index in [-0.39, 0.29) is 48.1 Å². The summed E-state index contributed by atoms with van der Waals surface area (Å²) in [6.45, 7) is 29.4. The molecule has 6 aromatic carbocycles. The van der Waals surface area contributed by atoms with Crippen LogP contribution in [0.3, 0.4) is 0 Å². The molecule has 0 amide bonds. The molecule has 0 atom stereocenters. The first kappa shape index (κ1) is 48.4. The number of nitrogens with zero attached hydrogens (tertiary/aromatic N) is 4. The van der Waals surface area contributed by atoms with E-state index in [0.717, 1.165) is 50.3 Å². The maximum Gasteiger partial charge on any atom is 0.267 e. The molecular formula is C62H64N4OPt-2.